The van der Waals surface area contributed by atoms with Gasteiger partial charge in [-0.1, -0.05) is 6.07 Å². The molecule has 35 heavy (non-hydrogen) atoms. The van der Waals surface area contributed by atoms with Crippen molar-refractivity contribution in [2.45, 2.75) is 32.2 Å². The lowest BCUT2D eigenvalue weighted by Crippen LogP contribution is -2.32. The molecule has 3 aromatic rings. The van der Waals surface area contributed by atoms with Crippen LogP contribution in [0.2, 0.25) is 0 Å². The van der Waals surface area contributed by atoms with Gasteiger partial charge in [-0.3, -0.25) is 19.1 Å². The molecule has 1 N–H and O–H groups in total. The molecule has 0 spiro atoms. The van der Waals surface area contributed by atoms with Gasteiger partial charge in [0.25, 0.3) is 11.5 Å². The van der Waals surface area contributed by atoms with E-state index in [2.05, 4.69) is 26.2 Å². The van der Waals surface area contributed by atoms with Gasteiger partial charge in [-0.25, -0.2) is 4.98 Å². The summed E-state index contributed by atoms with van der Waals surface area (Å²) in [4.78, 5) is 35.5. The molecule has 2 aromatic carbocycles. The highest BCUT2D eigenvalue weighted by Crippen LogP contribution is 2.23. The van der Waals surface area contributed by atoms with Crippen LogP contribution >= 0.6 is 0 Å². The fourth-order valence-electron chi connectivity index (χ4n) is 4.66. The number of hydrogen-bond donors (Lipinski definition) is 1. The molecule has 0 bridgehead atoms. The standard InChI is InChI=1S/C27H33N5O3/c1-19-4-5-20(26(33)29-21-6-7-21)16-25(19)32-18-28-24-9-8-22(17-23(24)27(32)34)31-11-3-10-30(12-13-31)14-15-35-2/h4-5,8-9,16-18,21H,3,6-7,10-15H2,1-2H3,(H,29,33). The minimum atomic E-state index is -0.128. The first-order valence-electron chi connectivity index (χ1n) is 12.4. The molecule has 1 amide bonds. The maximum absolute atomic E-state index is 13.6. The van der Waals surface area contributed by atoms with Gasteiger partial charge in [0, 0.05) is 50.6 Å². The number of methoxy groups -OCH3 is 1. The van der Waals surface area contributed by atoms with E-state index in [9.17, 15) is 9.59 Å². The molecule has 5 rings (SSSR count). The van der Waals surface area contributed by atoms with E-state index in [-0.39, 0.29) is 17.5 Å². The molecule has 2 heterocycles. The second kappa shape index (κ2) is 10.2. The number of nitrogens with one attached hydrogen (secondary N) is 1. The van der Waals surface area contributed by atoms with Gasteiger partial charge in [-0.05, 0) is 68.6 Å². The Hall–Kier alpha value is -3.23. The Morgan fingerprint density at radius 2 is 1.97 bits per heavy atom. The van der Waals surface area contributed by atoms with E-state index in [1.165, 1.54) is 0 Å². The Morgan fingerprint density at radius 3 is 2.77 bits per heavy atom. The molecular weight excluding hydrogens is 442 g/mol. The number of hydrogen-bond acceptors (Lipinski definition) is 6. The van der Waals surface area contributed by atoms with E-state index in [4.69, 9.17) is 4.74 Å². The van der Waals surface area contributed by atoms with E-state index in [0.717, 1.165) is 69.8 Å². The third-order valence-corrected chi connectivity index (χ3v) is 6.95. The zero-order chi connectivity index (χ0) is 24.4. The molecule has 0 atom stereocenters. The molecule has 8 heteroatoms. The number of rotatable bonds is 7. The van der Waals surface area contributed by atoms with Crippen molar-refractivity contribution in [3.8, 4) is 5.69 Å². The first-order valence-corrected chi connectivity index (χ1v) is 12.4. The van der Waals surface area contributed by atoms with Gasteiger partial charge in [0.05, 0.1) is 23.2 Å². The maximum atomic E-state index is 13.6. The number of aromatic nitrogens is 2. The topological polar surface area (TPSA) is 79.7 Å². The molecule has 1 aliphatic carbocycles. The molecule has 1 aromatic heterocycles. The van der Waals surface area contributed by atoms with Crippen LogP contribution in [-0.4, -0.2) is 72.8 Å². The second-order valence-electron chi connectivity index (χ2n) is 9.55. The van der Waals surface area contributed by atoms with Crippen LogP contribution < -0.4 is 15.8 Å². The molecule has 1 aliphatic heterocycles. The fraction of sp³-hybridized carbons (Fsp3) is 0.444. The quantitative estimate of drug-likeness (QED) is 0.566. The summed E-state index contributed by atoms with van der Waals surface area (Å²) >= 11 is 0. The van der Waals surface area contributed by atoms with Crippen molar-refractivity contribution in [1.82, 2.24) is 19.8 Å². The van der Waals surface area contributed by atoms with Gasteiger partial charge in [0.2, 0.25) is 0 Å². The summed E-state index contributed by atoms with van der Waals surface area (Å²) in [5, 5.41) is 3.60. The van der Waals surface area contributed by atoms with Gasteiger partial charge >= 0.3 is 0 Å². The fourth-order valence-corrected chi connectivity index (χ4v) is 4.66. The van der Waals surface area contributed by atoms with Crippen molar-refractivity contribution in [2.24, 2.45) is 0 Å². The monoisotopic (exact) mass is 475 g/mol. The second-order valence-corrected chi connectivity index (χ2v) is 9.55. The highest BCUT2D eigenvalue weighted by molar-refractivity contribution is 5.95. The average molecular weight is 476 g/mol. The molecule has 0 radical (unpaired) electrons. The van der Waals surface area contributed by atoms with E-state index in [1.54, 1.807) is 24.1 Å². The zero-order valence-corrected chi connectivity index (χ0v) is 20.5. The lowest BCUT2D eigenvalue weighted by Gasteiger charge is -2.24. The molecule has 2 fully saturated rings. The number of carbonyl (C=O) groups is 1. The summed E-state index contributed by atoms with van der Waals surface area (Å²) in [6.45, 7) is 7.48. The predicted molar refractivity (Wildman–Crippen MR) is 138 cm³/mol. The lowest BCUT2D eigenvalue weighted by atomic mass is 10.1. The van der Waals surface area contributed by atoms with Crippen molar-refractivity contribution >= 4 is 22.5 Å². The van der Waals surface area contributed by atoms with Crippen LogP contribution in [0.5, 0.6) is 0 Å². The third-order valence-electron chi connectivity index (χ3n) is 6.95. The minimum Gasteiger partial charge on any atom is -0.383 e. The Balaban J connectivity index is 1.44. The summed E-state index contributed by atoms with van der Waals surface area (Å²) in [5.41, 5.74) is 3.73. The molecule has 1 saturated carbocycles. The number of anilines is 1. The maximum Gasteiger partial charge on any atom is 0.265 e. The van der Waals surface area contributed by atoms with Crippen LogP contribution in [0.4, 0.5) is 5.69 Å². The third kappa shape index (κ3) is 5.23. The lowest BCUT2D eigenvalue weighted by molar-refractivity contribution is 0.0951. The SMILES string of the molecule is COCCN1CCCN(c2ccc3ncn(-c4cc(C(=O)NC5CC5)ccc4C)c(=O)c3c2)CC1. The summed E-state index contributed by atoms with van der Waals surface area (Å²) in [6, 6.07) is 11.7. The van der Waals surface area contributed by atoms with E-state index >= 15 is 0 Å². The number of ether oxygens (including phenoxy) is 1. The smallest absolute Gasteiger partial charge is 0.265 e. The van der Waals surface area contributed by atoms with Gasteiger partial charge in [0.15, 0.2) is 0 Å². The predicted octanol–water partition coefficient (Wildman–Crippen LogP) is 2.74. The number of amides is 1. The van der Waals surface area contributed by atoms with Gasteiger partial charge in [-0.15, -0.1) is 0 Å². The zero-order valence-electron chi connectivity index (χ0n) is 20.5. The number of benzene rings is 2. The Morgan fingerprint density at radius 1 is 1.11 bits per heavy atom. The highest BCUT2D eigenvalue weighted by Gasteiger charge is 2.24. The van der Waals surface area contributed by atoms with Crippen LogP contribution in [0.1, 0.15) is 35.2 Å². The molecule has 8 nitrogen and oxygen atoms in total. The van der Waals surface area contributed by atoms with Gasteiger partial charge < -0.3 is 15.0 Å². The average Bonchev–Trinajstić information content (AvgIpc) is 3.70. The van der Waals surface area contributed by atoms with Crippen LogP contribution in [-0.2, 0) is 4.74 Å². The normalized spacial score (nSPS) is 16.9. The van der Waals surface area contributed by atoms with Crippen molar-refractivity contribution in [1.29, 1.82) is 0 Å². The van der Waals surface area contributed by atoms with Crippen molar-refractivity contribution in [3.63, 3.8) is 0 Å². The van der Waals surface area contributed by atoms with Gasteiger partial charge in [0.1, 0.15) is 6.33 Å². The minimum absolute atomic E-state index is 0.0986. The summed E-state index contributed by atoms with van der Waals surface area (Å²) in [6.07, 6.45) is 4.69. The van der Waals surface area contributed by atoms with E-state index < -0.39 is 0 Å². The first kappa shape index (κ1) is 23.5. The Kier molecular flexibility index (Phi) is 6.83. The van der Waals surface area contributed by atoms with E-state index in [1.807, 2.05) is 31.2 Å². The highest BCUT2D eigenvalue weighted by atomic mass is 16.5. The van der Waals surface area contributed by atoms with Crippen molar-refractivity contribution < 1.29 is 9.53 Å². The largest absolute Gasteiger partial charge is 0.383 e. The van der Waals surface area contributed by atoms with Crippen molar-refractivity contribution in [2.75, 3.05) is 51.3 Å². The summed E-state index contributed by atoms with van der Waals surface area (Å²) < 4.78 is 6.79. The number of aryl methyl sites for hydroxylation is 1. The van der Waals surface area contributed by atoms with E-state index in [0.29, 0.717) is 22.2 Å². The first-order chi connectivity index (χ1) is 17.0. The number of nitrogens with zero attached hydrogens (tertiary/aromatic N) is 4. The summed E-state index contributed by atoms with van der Waals surface area (Å²) in [7, 11) is 1.74. The Labute approximate surface area is 205 Å². The van der Waals surface area contributed by atoms with Crippen LogP contribution in [0.25, 0.3) is 16.6 Å². The number of carbonyl (C=O) groups excluding carboxylic acids is 1. The van der Waals surface area contributed by atoms with Crippen molar-refractivity contribution in [3.05, 3.63) is 64.2 Å². The van der Waals surface area contributed by atoms with Crippen LogP contribution in [0, 0.1) is 6.92 Å². The molecule has 2 aliphatic rings. The summed E-state index contributed by atoms with van der Waals surface area (Å²) in [5.74, 6) is -0.0986. The molecule has 184 valence electrons. The molecular formula is C27H33N5O3. The van der Waals surface area contributed by atoms with Crippen LogP contribution in [0.3, 0.4) is 0 Å². The van der Waals surface area contributed by atoms with Gasteiger partial charge in [-0.2, -0.15) is 0 Å². The van der Waals surface area contributed by atoms with Crippen LogP contribution in [0.15, 0.2) is 47.5 Å². The molecule has 0 unspecified atom stereocenters. The molecule has 1 saturated heterocycles. The number of fused-ring (bicyclic) bond motifs is 1. The Bertz CT molecular complexity index is 1280.